The van der Waals surface area contributed by atoms with Crippen LogP contribution in [0.4, 0.5) is 0 Å². The van der Waals surface area contributed by atoms with E-state index in [2.05, 4.69) is 15.3 Å². The zero-order valence-corrected chi connectivity index (χ0v) is 8.58. The molecule has 2 rings (SSSR count). The van der Waals surface area contributed by atoms with Gasteiger partial charge in [-0.25, -0.2) is 4.98 Å². The van der Waals surface area contributed by atoms with Crippen molar-refractivity contribution < 1.29 is 4.74 Å². The molecule has 0 bridgehead atoms. The average Bonchev–Trinajstić information content (AvgIpc) is 2.64. The third kappa shape index (κ3) is 2.01. The molecule has 4 nitrogen and oxygen atoms in total. The summed E-state index contributed by atoms with van der Waals surface area (Å²) in [6.07, 6.45) is 3.00. The smallest absolute Gasteiger partial charge is 0.232 e. The number of nitrogens with zero attached hydrogens (tertiary/aromatic N) is 2. The Hall–Kier alpha value is -1.16. The fourth-order valence-corrected chi connectivity index (χ4v) is 1.48. The predicted molar refractivity (Wildman–Crippen MR) is 53.4 cm³/mol. The van der Waals surface area contributed by atoms with E-state index in [9.17, 15) is 0 Å². The van der Waals surface area contributed by atoms with Crippen LogP contribution in [0, 0.1) is 13.8 Å². The lowest BCUT2D eigenvalue weighted by Crippen LogP contribution is -2.20. The quantitative estimate of drug-likeness (QED) is 0.756. The zero-order chi connectivity index (χ0) is 9.97. The topological polar surface area (TPSA) is 47.0 Å². The first kappa shape index (κ1) is 9.40. The lowest BCUT2D eigenvalue weighted by molar-refractivity contribution is 0.212. The second-order valence-corrected chi connectivity index (χ2v) is 3.61. The SMILES string of the molecule is Cc1ncc(OC2CCNC2)nc1C. The number of rotatable bonds is 2. The molecule has 14 heavy (non-hydrogen) atoms. The fraction of sp³-hybridized carbons (Fsp3) is 0.600. The maximum Gasteiger partial charge on any atom is 0.232 e. The summed E-state index contributed by atoms with van der Waals surface area (Å²) in [5, 5.41) is 3.25. The van der Waals surface area contributed by atoms with Crippen LogP contribution in [-0.4, -0.2) is 29.2 Å². The van der Waals surface area contributed by atoms with Crippen molar-refractivity contribution in [3.8, 4) is 5.88 Å². The highest BCUT2D eigenvalue weighted by Crippen LogP contribution is 2.12. The van der Waals surface area contributed by atoms with Gasteiger partial charge in [-0.3, -0.25) is 4.98 Å². The third-order valence-corrected chi connectivity index (χ3v) is 2.47. The summed E-state index contributed by atoms with van der Waals surface area (Å²) in [5.41, 5.74) is 1.90. The van der Waals surface area contributed by atoms with Crippen molar-refractivity contribution in [3.05, 3.63) is 17.6 Å². The lowest BCUT2D eigenvalue weighted by atomic mass is 10.3. The maximum absolute atomic E-state index is 5.68. The number of ether oxygens (including phenoxy) is 1. The van der Waals surface area contributed by atoms with E-state index >= 15 is 0 Å². The van der Waals surface area contributed by atoms with Crippen LogP contribution in [0.5, 0.6) is 5.88 Å². The van der Waals surface area contributed by atoms with Crippen LogP contribution in [0.2, 0.25) is 0 Å². The van der Waals surface area contributed by atoms with E-state index in [0.29, 0.717) is 5.88 Å². The van der Waals surface area contributed by atoms with Gasteiger partial charge in [0.25, 0.3) is 0 Å². The van der Waals surface area contributed by atoms with Gasteiger partial charge in [0.15, 0.2) is 0 Å². The Balaban J connectivity index is 2.05. The largest absolute Gasteiger partial charge is 0.472 e. The normalized spacial score (nSPS) is 21.1. The van der Waals surface area contributed by atoms with Gasteiger partial charge < -0.3 is 10.1 Å². The van der Waals surface area contributed by atoms with Gasteiger partial charge in [0.1, 0.15) is 6.10 Å². The Morgan fingerprint density at radius 2 is 2.29 bits per heavy atom. The van der Waals surface area contributed by atoms with Gasteiger partial charge in [0.05, 0.1) is 17.6 Å². The highest BCUT2D eigenvalue weighted by Gasteiger charge is 2.16. The van der Waals surface area contributed by atoms with Crippen LogP contribution in [0.1, 0.15) is 17.8 Å². The molecule has 0 radical (unpaired) electrons. The molecule has 4 heteroatoms. The Bertz CT molecular complexity index is 321. The van der Waals surface area contributed by atoms with Crippen LogP contribution in [0.25, 0.3) is 0 Å². The summed E-state index contributed by atoms with van der Waals surface area (Å²) in [6.45, 7) is 5.84. The van der Waals surface area contributed by atoms with E-state index < -0.39 is 0 Å². The fourth-order valence-electron chi connectivity index (χ4n) is 1.48. The standard InChI is InChI=1S/C10H15N3O/c1-7-8(2)13-10(6-12-7)14-9-3-4-11-5-9/h6,9,11H,3-5H2,1-2H3. The van der Waals surface area contributed by atoms with Crippen molar-refractivity contribution >= 4 is 0 Å². The molecule has 1 N–H and O–H groups in total. The molecular formula is C10H15N3O. The van der Waals surface area contributed by atoms with Crippen molar-refractivity contribution in [1.82, 2.24) is 15.3 Å². The first-order valence-electron chi connectivity index (χ1n) is 4.93. The van der Waals surface area contributed by atoms with Crippen molar-refractivity contribution in [2.45, 2.75) is 26.4 Å². The molecule has 1 aliphatic heterocycles. The number of aromatic nitrogens is 2. The maximum atomic E-state index is 5.68. The number of hydrogen-bond acceptors (Lipinski definition) is 4. The van der Waals surface area contributed by atoms with Gasteiger partial charge in [-0.15, -0.1) is 0 Å². The Morgan fingerprint density at radius 3 is 2.93 bits per heavy atom. The molecule has 1 aromatic rings. The van der Waals surface area contributed by atoms with E-state index in [4.69, 9.17) is 4.74 Å². The summed E-state index contributed by atoms with van der Waals surface area (Å²) in [6, 6.07) is 0. The summed E-state index contributed by atoms with van der Waals surface area (Å²) < 4.78 is 5.68. The molecule has 1 aromatic heterocycles. The van der Waals surface area contributed by atoms with Crippen molar-refractivity contribution in [3.63, 3.8) is 0 Å². The lowest BCUT2D eigenvalue weighted by Gasteiger charge is -2.11. The van der Waals surface area contributed by atoms with Gasteiger partial charge in [-0.2, -0.15) is 0 Å². The summed E-state index contributed by atoms with van der Waals surface area (Å²) in [5.74, 6) is 0.641. The van der Waals surface area contributed by atoms with Crippen LogP contribution < -0.4 is 10.1 Å². The van der Waals surface area contributed by atoms with Gasteiger partial charge in [-0.05, 0) is 26.8 Å². The number of hydrogen-bond donors (Lipinski definition) is 1. The molecule has 0 amide bonds. The molecule has 1 aliphatic rings. The van der Waals surface area contributed by atoms with Crippen LogP contribution in [-0.2, 0) is 0 Å². The molecule has 0 spiro atoms. The molecule has 0 aromatic carbocycles. The van der Waals surface area contributed by atoms with Gasteiger partial charge >= 0.3 is 0 Å². The second-order valence-electron chi connectivity index (χ2n) is 3.61. The van der Waals surface area contributed by atoms with Crippen LogP contribution >= 0.6 is 0 Å². The molecule has 1 fully saturated rings. The average molecular weight is 193 g/mol. The van der Waals surface area contributed by atoms with E-state index in [1.807, 2.05) is 13.8 Å². The number of aryl methyl sites for hydroxylation is 2. The van der Waals surface area contributed by atoms with Crippen molar-refractivity contribution in [2.24, 2.45) is 0 Å². The minimum atomic E-state index is 0.256. The Labute approximate surface area is 83.7 Å². The van der Waals surface area contributed by atoms with Gasteiger partial charge in [-0.1, -0.05) is 0 Å². The molecule has 76 valence electrons. The third-order valence-electron chi connectivity index (χ3n) is 2.47. The van der Waals surface area contributed by atoms with E-state index in [1.54, 1.807) is 6.20 Å². The highest BCUT2D eigenvalue weighted by atomic mass is 16.5. The Morgan fingerprint density at radius 1 is 1.43 bits per heavy atom. The molecule has 1 atom stereocenters. The molecule has 1 unspecified atom stereocenters. The van der Waals surface area contributed by atoms with Crippen molar-refractivity contribution in [1.29, 1.82) is 0 Å². The summed E-state index contributed by atoms with van der Waals surface area (Å²) >= 11 is 0. The molecule has 1 saturated heterocycles. The Kier molecular flexibility index (Phi) is 2.63. The van der Waals surface area contributed by atoms with E-state index in [0.717, 1.165) is 30.9 Å². The van der Waals surface area contributed by atoms with E-state index in [-0.39, 0.29) is 6.10 Å². The van der Waals surface area contributed by atoms with Gasteiger partial charge in [0, 0.05) is 6.54 Å². The van der Waals surface area contributed by atoms with Crippen LogP contribution in [0.3, 0.4) is 0 Å². The molecule has 0 saturated carbocycles. The summed E-state index contributed by atoms with van der Waals surface area (Å²) in [7, 11) is 0. The van der Waals surface area contributed by atoms with Crippen LogP contribution in [0.15, 0.2) is 6.20 Å². The second kappa shape index (κ2) is 3.92. The predicted octanol–water partition coefficient (Wildman–Crippen LogP) is 0.834. The molecule has 2 heterocycles. The van der Waals surface area contributed by atoms with E-state index in [1.165, 1.54) is 0 Å². The molecular weight excluding hydrogens is 178 g/mol. The molecule has 0 aliphatic carbocycles. The minimum absolute atomic E-state index is 0.256. The summed E-state index contributed by atoms with van der Waals surface area (Å²) in [4.78, 5) is 8.54. The first-order valence-corrected chi connectivity index (χ1v) is 4.93. The van der Waals surface area contributed by atoms with Crippen molar-refractivity contribution in [2.75, 3.05) is 13.1 Å². The minimum Gasteiger partial charge on any atom is -0.472 e. The first-order chi connectivity index (χ1) is 6.75. The monoisotopic (exact) mass is 193 g/mol. The number of nitrogens with one attached hydrogen (secondary N) is 1. The van der Waals surface area contributed by atoms with Gasteiger partial charge in [0.2, 0.25) is 5.88 Å². The zero-order valence-electron chi connectivity index (χ0n) is 8.58. The highest BCUT2D eigenvalue weighted by molar-refractivity contribution is 5.14.